The molecule has 0 bridgehead atoms. The van der Waals surface area contributed by atoms with E-state index < -0.39 is 46.4 Å². The van der Waals surface area contributed by atoms with Gasteiger partial charge in [-0.15, -0.1) is 0 Å². The minimum atomic E-state index is -2.00. The van der Waals surface area contributed by atoms with Crippen LogP contribution >= 0.6 is 11.6 Å². The highest BCUT2D eigenvalue weighted by atomic mass is 35.5. The Kier molecular flexibility index (Phi) is 7.75. The smallest absolute Gasteiger partial charge is 0.310 e. The Morgan fingerprint density at radius 1 is 1.24 bits per heavy atom. The quantitative estimate of drug-likeness (QED) is 0.310. The SMILES string of the molecule is Cc1cc(Nc2nc(CC3(C(=O)O)CCN(Cc4cccc(Cl)c4F)CC3)c(F)c(C(C)F)c2F)n[nH]1. The normalized spacial score (nSPS) is 16.5. The molecule has 1 unspecified atom stereocenters. The van der Waals surface area contributed by atoms with Crippen molar-refractivity contribution in [3.8, 4) is 0 Å². The molecule has 12 heteroatoms. The molecule has 1 fully saturated rings. The van der Waals surface area contributed by atoms with Crippen LogP contribution in [0.4, 0.5) is 29.2 Å². The zero-order valence-electron chi connectivity index (χ0n) is 20.2. The number of aryl methyl sites for hydroxylation is 1. The Morgan fingerprint density at radius 2 is 1.95 bits per heavy atom. The van der Waals surface area contributed by atoms with Crippen LogP contribution in [0.1, 0.15) is 48.5 Å². The molecule has 198 valence electrons. The first kappa shape index (κ1) is 26.9. The van der Waals surface area contributed by atoms with Gasteiger partial charge in [0, 0.05) is 30.3 Å². The third-order valence-electron chi connectivity index (χ3n) is 6.73. The maximum atomic E-state index is 15.3. The maximum Gasteiger partial charge on any atom is 0.310 e. The predicted molar refractivity (Wildman–Crippen MR) is 130 cm³/mol. The average Bonchev–Trinajstić information content (AvgIpc) is 3.25. The van der Waals surface area contributed by atoms with Crippen LogP contribution in [0.5, 0.6) is 0 Å². The van der Waals surface area contributed by atoms with Crippen molar-refractivity contribution in [3.05, 3.63) is 69.3 Å². The molecule has 4 rings (SSSR count). The molecule has 1 saturated heterocycles. The number of hydrogen-bond acceptors (Lipinski definition) is 5. The molecule has 1 atom stereocenters. The third kappa shape index (κ3) is 5.57. The second kappa shape index (κ2) is 10.7. The number of H-pyrrole nitrogens is 1. The third-order valence-corrected chi connectivity index (χ3v) is 7.02. The first-order valence-electron chi connectivity index (χ1n) is 11.7. The molecule has 1 aliphatic heterocycles. The molecule has 0 spiro atoms. The molecular formula is C25H26ClF4N5O2. The molecular weight excluding hydrogens is 514 g/mol. The van der Waals surface area contributed by atoms with Gasteiger partial charge in [-0.3, -0.25) is 14.8 Å². The number of pyridine rings is 1. The summed E-state index contributed by atoms with van der Waals surface area (Å²) in [5, 5.41) is 19.3. The van der Waals surface area contributed by atoms with Gasteiger partial charge in [-0.05, 0) is 45.8 Å². The minimum Gasteiger partial charge on any atom is -0.481 e. The van der Waals surface area contributed by atoms with Gasteiger partial charge < -0.3 is 10.4 Å². The summed E-state index contributed by atoms with van der Waals surface area (Å²) in [6.45, 7) is 3.51. The van der Waals surface area contributed by atoms with E-state index in [4.69, 9.17) is 11.6 Å². The van der Waals surface area contributed by atoms with E-state index in [2.05, 4.69) is 20.5 Å². The zero-order valence-corrected chi connectivity index (χ0v) is 21.0. The number of aromatic amines is 1. The number of carboxylic acids is 1. The van der Waals surface area contributed by atoms with Crippen LogP contribution in [0.3, 0.4) is 0 Å². The lowest BCUT2D eigenvalue weighted by molar-refractivity contribution is -0.152. The molecule has 3 N–H and O–H groups in total. The van der Waals surface area contributed by atoms with E-state index in [0.29, 0.717) is 11.3 Å². The van der Waals surface area contributed by atoms with Gasteiger partial charge in [0.1, 0.15) is 12.0 Å². The van der Waals surface area contributed by atoms with Crippen LogP contribution in [0, 0.1) is 29.8 Å². The number of carboxylic acid groups (broad SMARTS) is 1. The number of aliphatic carboxylic acids is 1. The van der Waals surface area contributed by atoms with Crippen LogP contribution in [-0.2, 0) is 17.8 Å². The van der Waals surface area contributed by atoms with Gasteiger partial charge in [0.05, 0.1) is 21.7 Å². The van der Waals surface area contributed by atoms with Crippen LogP contribution < -0.4 is 5.32 Å². The Balaban J connectivity index is 1.60. The summed E-state index contributed by atoms with van der Waals surface area (Å²) >= 11 is 5.86. The second-order valence-electron chi connectivity index (χ2n) is 9.38. The molecule has 1 aliphatic rings. The molecule has 0 saturated carbocycles. The molecule has 0 aliphatic carbocycles. The Bertz CT molecular complexity index is 1310. The van der Waals surface area contributed by atoms with Crippen molar-refractivity contribution in [2.75, 3.05) is 18.4 Å². The highest BCUT2D eigenvalue weighted by Crippen LogP contribution is 2.39. The lowest BCUT2D eigenvalue weighted by atomic mass is 9.74. The number of anilines is 2. The molecule has 7 nitrogen and oxygen atoms in total. The van der Waals surface area contributed by atoms with Gasteiger partial charge in [-0.2, -0.15) is 5.10 Å². The zero-order chi connectivity index (χ0) is 26.9. The molecule has 37 heavy (non-hydrogen) atoms. The van der Waals surface area contributed by atoms with Gasteiger partial charge in [0.15, 0.2) is 23.3 Å². The number of carbonyl (C=O) groups is 1. The number of halogens is 5. The van der Waals surface area contributed by atoms with Gasteiger partial charge in [0.2, 0.25) is 0 Å². The Morgan fingerprint density at radius 3 is 2.54 bits per heavy atom. The summed E-state index contributed by atoms with van der Waals surface area (Å²) < 4.78 is 58.9. The number of hydrogen-bond donors (Lipinski definition) is 3. The van der Waals surface area contributed by atoms with E-state index in [-0.39, 0.29) is 55.4 Å². The van der Waals surface area contributed by atoms with Gasteiger partial charge in [-0.1, -0.05) is 23.7 Å². The van der Waals surface area contributed by atoms with Crippen molar-refractivity contribution in [1.82, 2.24) is 20.1 Å². The number of nitrogens with one attached hydrogen (secondary N) is 2. The second-order valence-corrected chi connectivity index (χ2v) is 9.78. The number of nitrogens with zero attached hydrogens (tertiary/aromatic N) is 3. The minimum absolute atomic E-state index is 0.000407. The van der Waals surface area contributed by atoms with E-state index in [1.54, 1.807) is 25.1 Å². The number of likely N-dealkylation sites (tertiary alicyclic amines) is 1. The van der Waals surface area contributed by atoms with Crippen LogP contribution in [0.25, 0.3) is 0 Å². The highest BCUT2D eigenvalue weighted by Gasteiger charge is 2.43. The molecule has 0 radical (unpaired) electrons. The number of rotatable bonds is 8. The fraction of sp³-hybridized carbons (Fsp3) is 0.400. The van der Waals surface area contributed by atoms with Gasteiger partial charge in [0.25, 0.3) is 0 Å². The largest absolute Gasteiger partial charge is 0.481 e. The topological polar surface area (TPSA) is 94.1 Å². The summed E-state index contributed by atoms with van der Waals surface area (Å²) in [4.78, 5) is 18.3. The van der Waals surface area contributed by atoms with Crippen molar-refractivity contribution < 1.29 is 27.5 Å². The average molecular weight is 540 g/mol. The molecule has 2 aromatic heterocycles. The predicted octanol–water partition coefficient (Wildman–Crippen LogP) is 5.87. The number of aromatic nitrogens is 3. The first-order chi connectivity index (χ1) is 17.5. The standard InChI is InChI=1S/C25H26ClF4N5O2/c1-13-10-18(34-33-13)32-23-22(30)19(14(2)27)21(29)17(31-23)11-25(24(36)37)6-8-35(9-7-25)12-15-4-3-5-16(26)20(15)28/h3-5,10,14H,6-9,11-12H2,1-2H3,(H,36,37)(H2,31,32,33,34). The van der Waals surface area contributed by atoms with Crippen LogP contribution in [0.2, 0.25) is 5.02 Å². The fourth-order valence-electron chi connectivity index (χ4n) is 4.60. The van der Waals surface area contributed by atoms with E-state index in [1.165, 1.54) is 6.07 Å². The number of piperidine rings is 1. The fourth-order valence-corrected chi connectivity index (χ4v) is 4.80. The lowest BCUT2D eigenvalue weighted by Crippen LogP contribution is -2.45. The summed E-state index contributed by atoms with van der Waals surface area (Å²) in [6.07, 6.45) is -2.17. The number of benzene rings is 1. The van der Waals surface area contributed by atoms with Crippen molar-refractivity contribution in [2.45, 2.75) is 45.8 Å². The lowest BCUT2D eigenvalue weighted by Gasteiger charge is -2.39. The highest BCUT2D eigenvalue weighted by molar-refractivity contribution is 6.30. The van der Waals surface area contributed by atoms with Gasteiger partial charge in [-0.25, -0.2) is 22.5 Å². The summed E-state index contributed by atoms with van der Waals surface area (Å²) in [5.41, 5.74) is -1.56. The van der Waals surface area contributed by atoms with Crippen molar-refractivity contribution in [1.29, 1.82) is 0 Å². The monoisotopic (exact) mass is 539 g/mol. The maximum absolute atomic E-state index is 15.3. The van der Waals surface area contributed by atoms with E-state index >= 15 is 8.78 Å². The van der Waals surface area contributed by atoms with Crippen LogP contribution in [0.15, 0.2) is 24.3 Å². The first-order valence-corrected chi connectivity index (χ1v) is 12.1. The Hall–Kier alpha value is -3.18. The summed E-state index contributed by atoms with van der Waals surface area (Å²) in [5.74, 6) is -4.37. The van der Waals surface area contributed by atoms with E-state index in [9.17, 15) is 18.7 Å². The van der Waals surface area contributed by atoms with E-state index in [1.807, 2.05) is 4.90 Å². The Labute approximate surface area is 215 Å². The van der Waals surface area contributed by atoms with Crippen LogP contribution in [-0.4, -0.2) is 44.2 Å². The van der Waals surface area contributed by atoms with Crippen molar-refractivity contribution in [3.63, 3.8) is 0 Å². The molecule has 3 heterocycles. The number of alkyl halides is 1. The van der Waals surface area contributed by atoms with E-state index in [0.717, 1.165) is 6.92 Å². The summed E-state index contributed by atoms with van der Waals surface area (Å²) in [7, 11) is 0. The molecule has 0 amide bonds. The van der Waals surface area contributed by atoms with Crippen molar-refractivity contribution >= 4 is 29.2 Å². The van der Waals surface area contributed by atoms with Gasteiger partial charge >= 0.3 is 5.97 Å². The van der Waals surface area contributed by atoms with Crippen molar-refractivity contribution in [2.24, 2.45) is 5.41 Å². The molecule has 1 aromatic carbocycles. The summed E-state index contributed by atoms with van der Waals surface area (Å²) in [6, 6.07) is 6.24. The molecule has 3 aromatic rings.